The number of fused-ring (bicyclic) bond motifs is 9. The fraction of sp³-hybridized carbons (Fsp3) is 0.0370. The van der Waals surface area contributed by atoms with Gasteiger partial charge in [-0.25, -0.2) is 0 Å². The number of benzene rings is 6. The Hall–Kier alpha value is -3.03. The van der Waals surface area contributed by atoms with Crippen molar-refractivity contribution < 1.29 is 0 Å². The van der Waals surface area contributed by atoms with E-state index < -0.39 is 0 Å². The molecular formula is C27H18S. The van der Waals surface area contributed by atoms with Crippen molar-refractivity contribution in [2.24, 2.45) is 0 Å². The van der Waals surface area contributed by atoms with E-state index in [1.54, 1.807) is 11.8 Å². The standard InChI is InChI=1S/C27H18S/c1-28-19-8-11-21-18(16-19)7-10-25-23(21)13-15-26-24-9-6-17-4-2-3-5-20(17)22(24)12-14-27(25)26/h2-16H,1H3. The Morgan fingerprint density at radius 2 is 0.893 bits per heavy atom. The van der Waals surface area contributed by atoms with Gasteiger partial charge in [0.1, 0.15) is 0 Å². The quantitative estimate of drug-likeness (QED) is 0.206. The second-order valence-corrected chi connectivity index (χ2v) is 8.24. The first-order valence-electron chi connectivity index (χ1n) is 9.57. The lowest BCUT2D eigenvalue weighted by Crippen LogP contribution is -1.84. The van der Waals surface area contributed by atoms with E-state index in [0.29, 0.717) is 0 Å². The summed E-state index contributed by atoms with van der Waals surface area (Å²) >= 11 is 1.79. The molecule has 0 heterocycles. The van der Waals surface area contributed by atoms with Gasteiger partial charge in [0.15, 0.2) is 0 Å². The molecule has 6 aromatic carbocycles. The topological polar surface area (TPSA) is 0 Å². The summed E-state index contributed by atoms with van der Waals surface area (Å²) in [4.78, 5) is 1.31. The molecule has 0 aliphatic heterocycles. The minimum Gasteiger partial charge on any atom is -0.130 e. The Kier molecular flexibility index (Phi) is 3.41. The molecule has 0 nitrogen and oxygen atoms in total. The van der Waals surface area contributed by atoms with Gasteiger partial charge in [-0.05, 0) is 72.3 Å². The average Bonchev–Trinajstić information content (AvgIpc) is 2.77. The van der Waals surface area contributed by atoms with E-state index in [-0.39, 0.29) is 0 Å². The van der Waals surface area contributed by atoms with E-state index >= 15 is 0 Å². The van der Waals surface area contributed by atoms with Gasteiger partial charge < -0.3 is 0 Å². The molecule has 6 rings (SSSR count). The van der Waals surface area contributed by atoms with Crippen molar-refractivity contribution in [1.29, 1.82) is 0 Å². The fourth-order valence-corrected chi connectivity index (χ4v) is 5.01. The molecule has 132 valence electrons. The molecule has 6 aromatic rings. The molecule has 0 aromatic heterocycles. The molecule has 0 N–H and O–H groups in total. The molecule has 0 spiro atoms. The van der Waals surface area contributed by atoms with Crippen molar-refractivity contribution in [2.75, 3.05) is 6.26 Å². The van der Waals surface area contributed by atoms with Crippen LogP contribution in [-0.4, -0.2) is 6.26 Å². The lowest BCUT2D eigenvalue weighted by molar-refractivity contribution is 1.52. The largest absolute Gasteiger partial charge is 0.130 e. The van der Waals surface area contributed by atoms with Gasteiger partial charge in [0, 0.05) is 4.90 Å². The third-order valence-corrected chi connectivity index (χ3v) is 6.67. The van der Waals surface area contributed by atoms with Crippen LogP contribution in [0.2, 0.25) is 0 Å². The minimum absolute atomic E-state index is 1.30. The molecule has 0 aliphatic carbocycles. The van der Waals surface area contributed by atoms with Crippen LogP contribution in [0.25, 0.3) is 53.9 Å². The summed E-state index contributed by atoms with van der Waals surface area (Å²) < 4.78 is 0. The van der Waals surface area contributed by atoms with Gasteiger partial charge in [-0.3, -0.25) is 0 Å². The summed E-state index contributed by atoms with van der Waals surface area (Å²) in [6, 6.07) is 33.7. The summed E-state index contributed by atoms with van der Waals surface area (Å²) in [6.45, 7) is 0. The van der Waals surface area contributed by atoms with Crippen LogP contribution in [0.15, 0.2) is 95.9 Å². The van der Waals surface area contributed by atoms with Crippen LogP contribution < -0.4 is 0 Å². The van der Waals surface area contributed by atoms with E-state index in [2.05, 4.69) is 97.3 Å². The van der Waals surface area contributed by atoms with Crippen LogP contribution >= 0.6 is 11.8 Å². The number of rotatable bonds is 1. The lowest BCUT2D eigenvalue weighted by atomic mass is 9.92. The summed E-state index contributed by atoms with van der Waals surface area (Å²) in [6.07, 6.45) is 2.13. The third kappa shape index (κ3) is 2.20. The van der Waals surface area contributed by atoms with Crippen molar-refractivity contribution in [1.82, 2.24) is 0 Å². The van der Waals surface area contributed by atoms with Gasteiger partial charge >= 0.3 is 0 Å². The van der Waals surface area contributed by atoms with Gasteiger partial charge in [-0.1, -0.05) is 78.9 Å². The van der Waals surface area contributed by atoms with Gasteiger partial charge in [0.25, 0.3) is 0 Å². The highest BCUT2D eigenvalue weighted by atomic mass is 32.2. The Labute approximate surface area is 167 Å². The first-order chi connectivity index (χ1) is 13.8. The predicted octanol–water partition coefficient (Wildman–Crippen LogP) is 8.17. The van der Waals surface area contributed by atoms with Crippen molar-refractivity contribution in [3.05, 3.63) is 91.0 Å². The van der Waals surface area contributed by atoms with Crippen LogP contribution in [0.3, 0.4) is 0 Å². The molecule has 0 atom stereocenters. The van der Waals surface area contributed by atoms with Crippen LogP contribution in [0.5, 0.6) is 0 Å². The zero-order chi connectivity index (χ0) is 18.7. The van der Waals surface area contributed by atoms with Gasteiger partial charge in [-0.2, -0.15) is 0 Å². The van der Waals surface area contributed by atoms with Gasteiger partial charge in [0.05, 0.1) is 0 Å². The Morgan fingerprint density at radius 3 is 1.54 bits per heavy atom. The highest BCUT2D eigenvalue weighted by Gasteiger charge is 2.09. The fourth-order valence-electron chi connectivity index (χ4n) is 4.57. The number of hydrogen-bond donors (Lipinski definition) is 0. The van der Waals surface area contributed by atoms with E-state index in [4.69, 9.17) is 0 Å². The van der Waals surface area contributed by atoms with Crippen molar-refractivity contribution in [2.45, 2.75) is 4.90 Å². The smallest absolute Gasteiger partial charge is 0.00755 e. The SMILES string of the molecule is CSc1ccc2c(ccc3c2ccc2c4ccc5ccccc5c4ccc32)c1. The number of hydrogen-bond acceptors (Lipinski definition) is 1. The molecule has 0 amide bonds. The van der Waals surface area contributed by atoms with Gasteiger partial charge in [-0.15, -0.1) is 11.8 Å². The highest BCUT2D eigenvalue weighted by Crippen LogP contribution is 2.37. The summed E-state index contributed by atoms with van der Waals surface area (Å²) in [5.74, 6) is 0. The van der Waals surface area contributed by atoms with E-state index in [9.17, 15) is 0 Å². The average molecular weight is 375 g/mol. The maximum atomic E-state index is 2.30. The van der Waals surface area contributed by atoms with Crippen LogP contribution in [0.4, 0.5) is 0 Å². The van der Waals surface area contributed by atoms with E-state index in [1.807, 2.05) is 0 Å². The summed E-state index contributed by atoms with van der Waals surface area (Å²) in [5, 5.41) is 13.2. The van der Waals surface area contributed by atoms with Gasteiger partial charge in [0.2, 0.25) is 0 Å². The second kappa shape index (κ2) is 5.98. The van der Waals surface area contributed by atoms with E-state index in [0.717, 1.165) is 0 Å². The highest BCUT2D eigenvalue weighted by molar-refractivity contribution is 7.98. The molecule has 0 saturated heterocycles. The molecular weight excluding hydrogens is 356 g/mol. The van der Waals surface area contributed by atoms with E-state index in [1.165, 1.54) is 58.8 Å². The van der Waals surface area contributed by atoms with Crippen LogP contribution in [-0.2, 0) is 0 Å². The molecule has 0 bridgehead atoms. The normalized spacial score (nSPS) is 11.9. The first-order valence-corrected chi connectivity index (χ1v) is 10.8. The molecule has 0 fully saturated rings. The summed E-state index contributed by atoms with van der Waals surface area (Å²) in [7, 11) is 0. The Morgan fingerprint density at radius 1 is 0.429 bits per heavy atom. The molecule has 0 aliphatic rings. The second-order valence-electron chi connectivity index (χ2n) is 7.36. The zero-order valence-corrected chi connectivity index (χ0v) is 16.4. The molecule has 0 saturated carbocycles. The number of thioether (sulfide) groups is 1. The molecule has 0 radical (unpaired) electrons. The Balaban J connectivity index is 1.74. The molecule has 28 heavy (non-hydrogen) atoms. The monoisotopic (exact) mass is 374 g/mol. The van der Waals surface area contributed by atoms with Crippen LogP contribution in [0, 0.1) is 0 Å². The molecule has 0 unspecified atom stereocenters. The van der Waals surface area contributed by atoms with Crippen molar-refractivity contribution >= 4 is 65.6 Å². The minimum atomic E-state index is 1.30. The van der Waals surface area contributed by atoms with Crippen molar-refractivity contribution in [3.63, 3.8) is 0 Å². The maximum Gasteiger partial charge on any atom is 0.00755 e. The third-order valence-electron chi connectivity index (χ3n) is 5.94. The van der Waals surface area contributed by atoms with Crippen molar-refractivity contribution in [3.8, 4) is 0 Å². The predicted molar refractivity (Wildman–Crippen MR) is 126 cm³/mol. The maximum absolute atomic E-state index is 2.30. The Bertz CT molecular complexity index is 1540. The summed E-state index contributed by atoms with van der Waals surface area (Å²) in [5.41, 5.74) is 0. The lowest BCUT2D eigenvalue weighted by Gasteiger charge is -2.12. The molecule has 1 heteroatoms. The van der Waals surface area contributed by atoms with Crippen LogP contribution in [0.1, 0.15) is 0 Å². The first kappa shape index (κ1) is 16.0. The zero-order valence-electron chi connectivity index (χ0n) is 15.6.